The summed E-state index contributed by atoms with van der Waals surface area (Å²) in [5.41, 5.74) is 7.55. The fourth-order valence-electron chi connectivity index (χ4n) is 2.98. The van der Waals surface area contributed by atoms with Crippen molar-refractivity contribution in [1.82, 2.24) is 5.32 Å². The van der Waals surface area contributed by atoms with Gasteiger partial charge in [-0.1, -0.05) is 85.4 Å². The summed E-state index contributed by atoms with van der Waals surface area (Å²) in [6, 6.07) is 28.9. The number of allylic oxidation sites excluding steroid dienone is 2. The molecule has 0 saturated heterocycles. The van der Waals surface area contributed by atoms with Crippen LogP contribution in [0, 0.1) is 0 Å². The van der Waals surface area contributed by atoms with E-state index in [1.807, 2.05) is 42.5 Å². The van der Waals surface area contributed by atoms with Crippen LogP contribution in [0.2, 0.25) is 0 Å². The van der Waals surface area contributed by atoms with Crippen LogP contribution in [0.25, 0.3) is 16.8 Å². The molecule has 0 unspecified atom stereocenters. The highest BCUT2D eigenvalue weighted by Crippen LogP contribution is 2.45. The number of para-hydroxylation sites is 1. The standard InChI is InChI=1S/C22H16N/c1-16(17-10-4-2-5-11-17)21-19-14-8-9-15-20(19)23-22(21)18-12-6-3-7-13-18/h2-15H,1H2. The summed E-state index contributed by atoms with van der Waals surface area (Å²) in [6.07, 6.45) is 0. The first kappa shape index (κ1) is 13.6. The molecule has 0 amide bonds. The van der Waals surface area contributed by atoms with Crippen molar-refractivity contribution in [3.05, 3.63) is 108 Å². The summed E-state index contributed by atoms with van der Waals surface area (Å²) in [6.45, 7) is 4.36. The largest absolute Gasteiger partial charge is 0.247 e. The molecule has 0 fully saturated rings. The number of benzene rings is 3. The van der Waals surface area contributed by atoms with Gasteiger partial charge >= 0.3 is 0 Å². The fraction of sp³-hybridized carbons (Fsp3) is 0. The lowest BCUT2D eigenvalue weighted by atomic mass is 9.92. The number of rotatable bonds is 3. The average molecular weight is 294 g/mol. The Hall–Kier alpha value is -3.06. The van der Waals surface area contributed by atoms with E-state index < -0.39 is 0 Å². The van der Waals surface area contributed by atoms with Crippen LogP contribution in [-0.4, -0.2) is 0 Å². The lowest BCUT2D eigenvalue weighted by molar-refractivity contribution is 1.23. The highest BCUT2D eigenvalue weighted by atomic mass is 14.9. The molecule has 0 N–H and O–H groups in total. The van der Waals surface area contributed by atoms with Gasteiger partial charge in [0.2, 0.25) is 0 Å². The van der Waals surface area contributed by atoms with Crippen LogP contribution in [0.5, 0.6) is 0 Å². The Labute approximate surface area is 136 Å². The average Bonchev–Trinajstić information content (AvgIpc) is 3.02. The Bertz CT molecular complexity index is 890. The molecule has 109 valence electrons. The minimum Gasteiger partial charge on any atom is -0.247 e. The number of hydrogen-bond donors (Lipinski definition) is 0. The zero-order valence-corrected chi connectivity index (χ0v) is 12.7. The molecule has 23 heavy (non-hydrogen) atoms. The van der Waals surface area contributed by atoms with E-state index in [0.717, 1.165) is 39.2 Å². The van der Waals surface area contributed by atoms with Gasteiger partial charge in [-0.05, 0) is 17.2 Å². The van der Waals surface area contributed by atoms with Crippen molar-refractivity contribution in [3.63, 3.8) is 0 Å². The van der Waals surface area contributed by atoms with Crippen LogP contribution < -0.4 is 5.32 Å². The van der Waals surface area contributed by atoms with Gasteiger partial charge in [-0.15, -0.1) is 0 Å². The van der Waals surface area contributed by atoms with Gasteiger partial charge in [-0.25, -0.2) is 5.32 Å². The highest BCUT2D eigenvalue weighted by molar-refractivity contribution is 6.18. The Morgan fingerprint density at radius 1 is 0.696 bits per heavy atom. The molecular formula is C22H16N. The molecule has 1 heteroatoms. The van der Waals surface area contributed by atoms with E-state index in [2.05, 4.69) is 49.0 Å². The van der Waals surface area contributed by atoms with Gasteiger partial charge in [0, 0.05) is 16.7 Å². The highest BCUT2D eigenvalue weighted by Gasteiger charge is 2.25. The van der Waals surface area contributed by atoms with Crippen molar-refractivity contribution in [2.24, 2.45) is 0 Å². The molecule has 1 heterocycles. The minimum absolute atomic E-state index is 1.00. The monoisotopic (exact) mass is 294 g/mol. The molecule has 0 aromatic heterocycles. The quantitative estimate of drug-likeness (QED) is 0.604. The van der Waals surface area contributed by atoms with Crippen molar-refractivity contribution < 1.29 is 0 Å². The van der Waals surface area contributed by atoms with Crippen molar-refractivity contribution in [2.75, 3.05) is 0 Å². The second-order valence-corrected chi connectivity index (χ2v) is 5.56. The summed E-state index contributed by atoms with van der Waals surface area (Å²) in [4.78, 5) is 0. The molecule has 0 atom stereocenters. The van der Waals surface area contributed by atoms with E-state index in [1.54, 1.807) is 0 Å². The second kappa shape index (κ2) is 5.62. The zero-order valence-electron chi connectivity index (χ0n) is 12.7. The van der Waals surface area contributed by atoms with E-state index in [1.165, 1.54) is 0 Å². The molecule has 3 aromatic carbocycles. The Morgan fingerprint density at radius 2 is 1.30 bits per heavy atom. The SMILES string of the molecule is C=C(C1=C(c2ccccc2)[N]c2ccccc21)c1ccccc1. The summed E-state index contributed by atoms with van der Waals surface area (Å²) >= 11 is 0. The number of fused-ring (bicyclic) bond motifs is 1. The van der Waals surface area contributed by atoms with Crippen molar-refractivity contribution in [3.8, 4) is 0 Å². The third-order valence-electron chi connectivity index (χ3n) is 4.11. The van der Waals surface area contributed by atoms with Crippen molar-refractivity contribution in [1.29, 1.82) is 0 Å². The third kappa shape index (κ3) is 2.36. The fourth-order valence-corrected chi connectivity index (χ4v) is 2.98. The summed E-state index contributed by atoms with van der Waals surface area (Å²) in [5, 5.41) is 4.87. The molecule has 1 radical (unpaired) electrons. The maximum Gasteiger partial charge on any atom is 0.0794 e. The Morgan fingerprint density at radius 3 is 2.04 bits per heavy atom. The van der Waals surface area contributed by atoms with E-state index in [4.69, 9.17) is 5.32 Å². The first-order chi connectivity index (χ1) is 11.3. The second-order valence-electron chi connectivity index (χ2n) is 5.56. The molecule has 0 aliphatic carbocycles. The predicted molar refractivity (Wildman–Crippen MR) is 97.0 cm³/mol. The van der Waals surface area contributed by atoms with Gasteiger partial charge in [0.15, 0.2) is 0 Å². The molecular weight excluding hydrogens is 278 g/mol. The van der Waals surface area contributed by atoms with Gasteiger partial charge in [0.1, 0.15) is 0 Å². The van der Waals surface area contributed by atoms with Crippen LogP contribution in [0.3, 0.4) is 0 Å². The van der Waals surface area contributed by atoms with Crippen LogP contribution in [-0.2, 0) is 0 Å². The molecule has 1 nitrogen and oxygen atoms in total. The predicted octanol–water partition coefficient (Wildman–Crippen LogP) is 5.52. The van der Waals surface area contributed by atoms with Gasteiger partial charge in [-0.2, -0.15) is 0 Å². The van der Waals surface area contributed by atoms with E-state index in [-0.39, 0.29) is 0 Å². The minimum atomic E-state index is 1.00. The molecule has 1 aliphatic heterocycles. The lowest BCUT2D eigenvalue weighted by Crippen LogP contribution is -1.94. The molecule has 0 bridgehead atoms. The topological polar surface area (TPSA) is 14.1 Å². The molecule has 4 rings (SSSR count). The van der Waals surface area contributed by atoms with Gasteiger partial charge in [-0.3, -0.25) is 0 Å². The molecule has 3 aromatic rings. The number of nitrogens with zero attached hydrogens (tertiary/aromatic N) is 1. The van der Waals surface area contributed by atoms with Crippen LogP contribution in [0.1, 0.15) is 16.7 Å². The molecule has 0 saturated carbocycles. The Kier molecular flexibility index (Phi) is 3.32. The van der Waals surface area contributed by atoms with Crippen molar-refractivity contribution >= 4 is 22.5 Å². The molecule has 0 spiro atoms. The van der Waals surface area contributed by atoms with Gasteiger partial charge in [0.25, 0.3) is 0 Å². The third-order valence-corrected chi connectivity index (χ3v) is 4.11. The summed E-state index contributed by atoms with van der Waals surface area (Å²) in [7, 11) is 0. The maximum absolute atomic E-state index is 4.87. The normalized spacial score (nSPS) is 12.7. The van der Waals surface area contributed by atoms with E-state index in [9.17, 15) is 0 Å². The first-order valence-electron chi connectivity index (χ1n) is 7.70. The van der Waals surface area contributed by atoms with Crippen molar-refractivity contribution in [2.45, 2.75) is 0 Å². The smallest absolute Gasteiger partial charge is 0.0794 e. The van der Waals surface area contributed by atoms with Crippen LogP contribution in [0.15, 0.2) is 91.5 Å². The molecule has 1 aliphatic rings. The lowest BCUT2D eigenvalue weighted by Gasteiger charge is -2.11. The van der Waals surface area contributed by atoms with Gasteiger partial charge in [0.05, 0.1) is 11.4 Å². The summed E-state index contributed by atoms with van der Waals surface area (Å²) in [5.74, 6) is 0. The van der Waals surface area contributed by atoms with E-state index >= 15 is 0 Å². The maximum atomic E-state index is 4.87. The van der Waals surface area contributed by atoms with Crippen LogP contribution in [0.4, 0.5) is 5.69 Å². The summed E-state index contributed by atoms with van der Waals surface area (Å²) < 4.78 is 0. The Balaban J connectivity index is 1.91. The first-order valence-corrected chi connectivity index (χ1v) is 7.70. The van der Waals surface area contributed by atoms with Gasteiger partial charge < -0.3 is 0 Å². The number of hydrogen-bond acceptors (Lipinski definition) is 0. The van der Waals surface area contributed by atoms with E-state index in [0.29, 0.717) is 0 Å². The zero-order chi connectivity index (χ0) is 15.6. The van der Waals surface area contributed by atoms with Crippen LogP contribution >= 0.6 is 0 Å².